The first kappa shape index (κ1) is 22.1. The highest BCUT2D eigenvalue weighted by atomic mass is 32.2. The summed E-state index contributed by atoms with van der Waals surface area (Å²) < 4.78 is 50.0. The summed E-state index contributed by atoms with van der Waals surface area (Å²) in [5, 5.41) is 7.33. The standard InChI is InChI=1S/C21H21N5O6S/c1-12-10-22-21(23-11-12)24-14-9-17-13(8-18(14)31-4)20(25-32-17)26-33(27,28)19-15(29-2)6-5-7-16(19)30-3/h5-11H,1-4H3,(H,25,26)(H,22,23,24). The summed E-state index contributed by atoms with van der Waals surface area (Å²) in [6.45, 7) is 1.88. The number of hydrogen-bond acceptors (Lipinski definition) is 10. The monoisotopic (exact) mass is 471 g/mol. The van der Waals surface area contributed by atoms with E-state index in [1.54, 1.807) is 30.6 Å². The van der Waals surface area contributed by atoms with E-state index < -0.39 is 10.0 Å². The van der Waals surface area contributed by atoms with Gasteiger partial charge in [0.25, 0.3) is 10.0 Å². The smallest absolute Gasteiger partial charge is 0.270 e. The van der Waals surface area contributed by atoms with Crippen molar-refractivity contribution in [1.82, 2.24) is 15.1 Å². The van der Waals surface area contributed by atoms with Crippen molar-refractivity contribution < 1.29 is 27.2 Å². The average Bonchev–Trinajstić information content (AvgIpc) is 3.19. The molecule has 2 heterocycles. The molecule has 172 valence electrons. The third-order valence-corrected chi connectivity index (χ3v) is 6.10. The highest BCUT2D eigenvalue weighted by Gasteiger charge is 2.27. The number of benzene rings is 2. The van der Waals surface area contributed by atoms with Crippen LogP contribution in [-0.2, 0) is 10.0 Å². The number of nitrogens with one attached hydrogen (secondary N) is 2. The minimum absolute atomic E-state index is 0.0191. The molecule has 0 fully saturated rings. The molecular formula is C21H21N5O6S. The van der Waals surface area contributed by atoms with Gasteiger partial charge in [-0.2, -0.15) is 0 Å². The van der Waals surface area contributed by atoms with Crippen molar-refractivity contribution in [1.29, 1.82) is 0 Å². The molecule has 4 aromatic rings. The molecule has 0 bridgehead atoms. The Hall–Kier alpha value is -4.06. The number of aryl methyl sites for hydroxylation is 1. The van der Waals surface area contributed by atoms with Gasteiger partial charge in [0.2, 0.25) is 5.95 Å². The second-order valence-electron chi connectivity index (χ2n) is 6.89. The van der Waals surface area contributed by atoms with E-state index in [1.165, 1.54) is 33.5 Å². The lowest BCUT2D eigenvalue weighted by Crippen LogP contribution is -2.15. The molecule has 2 N–H and O–H groups in total. The lowest BCUT2D eigenvalue weighted by Gasteiger charge is -2.14. The number of hydrogen-bond donors (Lipinski definition) is 2. The van der Waals surface area contributed by atoms with Gasteiger partial charge in [0.05, 0.1) is 32.4 Å². The zero-order chi connectivity index (χ0) is 23.6. The molecule has 0 atom stereocenters. The fourth-order valence-corrected chi connectivity index (χ4v) is 4.48. The second-order valence-corrected chi connectivity index (χ2v) is 8.51. The first-order valence-corrected chi connectivity index (χ1v) is 11.1. The SMILES string of the molecule is COc1cc2c(NS(=O)(=O)c3c(OC)cccc3OC)noc2cc1Nc1ncc(C)cn1. The van der Waals surface area contributed by atoms with Crippen LogP contribution in [0.15, 0.2) is 52.1 Å². The van der Waals surface area contributed by atoms with E-state index in [4.69, 9.17) is 18.7 Å². The van der Waals surface area contributed by atoms with E-state index in [2.05, 4.69) is 25.2 Å². The lowest BCUT2D eigenvalue weighted by molar-refractivity contribution is 0.373. The van der Waals surface area contributed by atoms with Crippen molar-refractivity contribution >= 4 is 38.4 Å². The van der Waals surface area contributed by atoms with Gasteiger partial charge in [0, 0.05) is 18.5 Å². The molecule has 11 nitrogen and oxygen atoms in total. The maximum atomic E-state index is 13.2. The normalized spacial score (nSPS) is 11.3. The first-order valence-electron chi connectivity index (χ1n) is 9.63. The third-order valence-electron chi connectivity index (χ3n) is 4.70. The van der Waals surface area contributed by atoms with E-state index in [0.717, 1.165) is 5.56 Å². The van der Waals surface area contributed by atoms with Crippen LogP contribution in [0, 0.1) is 6.92 Å². The number of fused-ring (bicyclic) bond motifs is 1. The van der Waals surface area contributed by atoms with Crippen LogP contribution >= 0.6 is 0 Å². The van der Waals surface area contributed by atoms with Gasteiger partial charge in [-0.15, -0.1) is 0 Å². The summed E-state index contributed by atoms with van der Waals surface area (Å²) in [5.41, 5.74) is 1.75. The van der Waals surface area contributed by atoms with Crippen molar-refractivity contribution in [3.05, 3.63) is 48.3 Å². The molecule has 12 heteroatoms. The van der Waals surface area contributed by atoms with Gasteiger partial charge in [-0.1, -0.05) is 11.2 Å². The molecule has 0 aliphatic carbocycles. The first-order chi connectivity index (χ1) is 15.9. The number of sulfonamides is 1. The van der Waals surface area contributed by atoms with Crippen LogP contribution in [-0.4, -0.2) is 44.9 Å². The average molecular weight is 471 g/mol. The Morgan fingerprint density at radius 3 is 2.18 bits per heavy atom. The Morgan fingerprint density at radius 1 is 0.939 bits per heavy atom. The van der Waals surface area contributed by atoms with Crippen LogP contribution in [0.3, 0.4) is 0 Å². The zero-order valence-electron chi connectivity index (χ0n) is 18.2. The van der Waals surface area contributed by atoms with Gasteiger partial charge in [-0.25, -0.2) is 18.4 Å². The maximum Gasteiger partial charge on any atom is 0.270 e. The van der Waals surface area contributed by atoms with E-state index in [9.17, 15) is 8.42 Å². The van der Waals surface area contributed by atoms with Crippen molar-refractivity contribution in [3.8, 4) is 17.2 Å². The molecule has 0 spiro atoms. The van der Waals surface area contributed by atoms with Crippen LogP contribution in [0.2, 0.25) is 0 Å². The molecular weight excluding hydrogens is 450 g/mol. The van der Waals surface area contributed by atoms with E-state index in [1.807, 2.05) is 6.92 Å². The van der Waals surface area contributed by atoms with E-state index in [-0.39, 0.29) is 22.2 Å². The number of methoxy groups -OCH3 is 3. The minimum atomic E-state index is -4.14. The number of rotatable bonds is 8. The summed E-state index contributed by atoms with van der Waals surface area (Å²) in [6.07, 6.45) is 3.35. The maximum absolute atomic E-state index is 13.2. The molecule has 0 aliphatic rings. The molecule has 0 aliphatic heterocycles. The summed E-state index contributed by atoms with van der Waals surface area (Å²) in [6, 6.07) is 7.88. The van der Waals surface area contributed by atoms with Gasteiger partial charge in [0.1, 0.15) is 17.2 Å². The fraction of sp³-hybridized carbons (Fsp3) is 0.190. The summed E-state index contributed by atoms with van der Waals surface area (Å²) in [7, 11) is 0.0870. The van der Waals surface area contributed by atoms with Gasteiger partial charge < -0.3 is 24.1 Å². The van der Waals surface area contributed by atoms with Gasteiger partial charge in [-0.3, -0.25) is 4.72 Å². The lowest BCUT2D eigenvalue weighted by atomic mass is 10.2. The predicted molar refractivity (Wildman–Crippen MR) is 121 cm³/mol. The third kappa shape index (κ3) is 4.32. The Balaban J connectivity index is 1.72. The Labute approximate surface area is 189 Å². The molecule has 0 saturated heterocycles. The number of ether oxygens (including phenoxy) is 3. The van der Waals surface area contributed by atoms with Crippen molar-refractivity contribution in [2.75, 3.05) is 31.4 Å². The summed E-state index contributed by atoms with van der Waals surface area (Å²) in [5.74, 6) is 0.996. The molecule has 4 rings (SSSR count). The number of aromatic nitrogens is 3. The Morgan fingerprint density at radius 2 is 1.58 bits per heavy atom. The van der Waals surface area contributed by atoms with Crippen LogP contribution in [0.1, 0.15) is 5.56 Å². The molecule has 0 unspecified atom stereocenters. The molecule has 0 radical (unpaired) electrons. The van der Waals surface area contributed by atoms with Crippen LogP contribution in [0.5, 0.6) is 17.2 Å². The summed E-state index contributed by atoms with van der Waals surface area (Å²) >= 11 is 0. The second kappa shape index (κ2) is 8.82. The van der Waals surface area contributed by atoms with Crippen molar-refractivity contribution in [3.63, 3.8) is 0 Å². The van der Waals surface area contributed by atoms with Gasteiger partial charge in [0.15, 0.2) is 16.3 Å². The summed E-state index contributed by atoms with van der Waals surface area (Å²) in [4.78, 5) is 8.26. The number of nitrogens with zero attached hydrogens (tertiary/aromatic N) is 3. The minimum Gasteiger partial charge on any atom is -0.495 e. The molecule has 2 aromatic carbocycles. The van der Waals surface area contributed by atoms with Gasteiger partial charge >= 0.3 is 0 Å². The fourth-order valence-electron chi connectivity index (χ4n) is 3.14. The molecule has 2 aromatic heterocycles. The molecule has 0 amide bonds. The largest absolute Gasteiger partial charge is 0.495 e. The Kier molecular flexibility index (Phi) is 5.92. The van der Waals surface area contributed by atoms with Crippen LogP contribution < -0.4 is 24.2 Å². The van der Waals surface area contributed by atoms with Crippen LogP contribution in [0.25, 0.3) is 11.0 Å². The van der Waals surface area contributed by atoms with Crippen molar-refractivity contribution in [2.45, 2.75) is 11.8 Å². The van der Waals surface area contributed by atoms with Crippen LogP contribution in [0.4, 0.5) is 17.5 Å². The highest BCUT2D eigenvalue weighted by Crippen LogP contribution is 2.38. The quantitative estimate of drug-likeness (QED) is 0.393. The van der Waals surface area contributed by atoms with E-state index in [0.29, 0.717) is 28.4 Å². The van der Waals surface area contributed by atoms with Gasteiger partial charge in [-0.05, 0) is 30.7 Å². The topological polar surface area (TPSA) is 138 Å². The number of anilines is 3. The zero-order valence-corrected chi connectivity index (χ0v) is 19.1. The molecule has 0 saturated carbocycles. The Bertz CT molecular complexity index is 1380. The van der Waals surface area contributed by atoms with Crippen molar-refractivity contribution in [2.24, 2.45) is 0 Å². The predicted octanol–water partition coefficient (Wildman–Crippen LogP) is 3.50. The highest BCUT2D eigenvalue weighted by molar-refractivity contribution is 7.93. The van der Waals surface area contributed by atoms with E-state index >= 15 is 0 Å². The molecule has 33 heavy (non-hydrogen) atoms.